The van der Waals surface area contributed by atoms with Gasteiger partial charge in [0.2, 0.25) is 0 Å². The molecule has 3 heteroatoms. The second-order valence-electron chi connectivity index (χ2n) is 6.18. The molecule has 2 aromatic rings. The van der Waals surface area contributed by atoms with E-state index in [2.05, 4.69) is 18.8 Å². The average Bonchev–Trinajstić information content (AvgIpc) is 2.73. The molecular formula is C16H19NO2. The Bertz CT molecular complexity index is 652. The summed E-state index contributed by atoms with van der Waals surface area (Å²) in [5, 5.41) is 1.17. The van der Waals surface area contributed by atoms with Gasteiger partial charge in [0.15, 0.2) is 0 Å². The number of rotatable bonds is 1. The fraction of sp³-hybridized carbons (Fsp3) is 0.438. The summed E-state index contributed by atoms with van der Waals surface area (Å²) < 4.78 is 4.80. The summed E-state index contributed by atoms with van der Waals surface area (Å²) in [4.78, 5) is 15.1. The van der Waals surface area contributed by atoms with Gasteiger partial charge in [0.1, 0.15) is 0 Å². The minimum atomic E-state index is -0.271. The van der Waals surface area contributed by atoms with Crippen LogP contribution in [0, 0.1) is 5.41 Å². The van der Waals surface area contributed by atoms with Crippen LogP contribution in [0.25, 0.3) is 10.9 Å². The zero-order valence-corrected chi connectivity index (χ0v) is 11.7. The molecule has 0 unspecified atom stereocenters. The number of carbonyl (C=O) groups is 1. The van der Waals surface area contributed by atoms with Gasteiger partial charge in [0.25, 0.3) is 0 Å². The third-order valence-electron chi connectivity index (χ3n) is 4.12. The van der Waals surface area contributed by atoms with Crippen LogP contribution in [-0.2, 0) is 17.6 Å². The number of esters is 1. The quantitative estimate of drug-likeness (QED) is 0.795. The van der Waals surface area contributed by atoms with Crippen molar-refractivity contribution in [2.75, 3.05) is 7.11 Å². The third kappa shape index (κ3) is 2.03. The number of nitrogens with one attached hydrogen (secondary N) is 1. The molecule has 100 valence electrons. The van der Waals surface area contributed by atoms with Gasteiger partial charge in [-0.15, -0.1) is 0 Å². The van der Waals surface area contributed by atoms with Gasteiger partial charge >= 0.3 is 5.97 Å². The van der Waals surface area contributed by atoms with Gasteiger partial charge in [-0.2, -0.15) is 0 Å². The van der Waals surface area contributed by atoms with Crippen LogP contribution in [0.1, 0.15) is 41.9 Å². The molecule has 0 radical (unpaired) electrons. The van der Waals surface area contributed by atoms with Crippen molar-refractivity contribution in [1.29, 1.82) is 0 Å². The van der Waals surface area contributed by atoms with E-state index in [9.17, 15) is 4.79 Å². The Morgan fingerprint density at radius 2 is 2.16 bits per heavy atom. The van der Waals surface area contributed by atoms with Gasteiger partial charge in [-0.3, -0.25) is 0 Å². The molecule has 1 aliphatic rings. The van der Waals surface area contributed by atoms with E-state index in [-0.39, 0.29) is 5.97 Å². The predicted molar refractivity (Wildman–Crippen MR) is 75.4 cm³/mol. The SMILES string of the molecule is COC(=O)c1ccc2[nH]c3c(c2c1)CC(C)(C)CC3. The second kappa shape index (κ2) is 4.12. The van der Waals surface area contributed by atoms with Gasteiger partial charge in [-0.25, -0.2) is 4.79 Å². The maximum absolute atomic E-state index is 11.6. The summed E-state index contributed by atoms with van der Waals surface area (Å²) in [7, 11) is 1.42. The van der Waals surface area contributed by atoms with Crippen LogP contribution < -0.4 is 0 Å². The molecule has 0 aliphatic heterocycles. The van der Waals surface area contributed by atoms with E-state index in [1.165, 1.54) is 30.2 Å². The Labute approximate surface area is 113 Å². The number of ether oxygens (including phenoxy) is 1. The monoisotopic (exact) mass is 257 g/mol. The van der Waals surface area contributed by atoms with Crippen molar-refractivity contribution < 1.29 is 9.53 Å². The van der Waals surface area contributed by atoms with Gasteiger partial charge < -0.3 is 9.72 Å². The number of carbonyl (C=O) groups excluding carboxylic acids is 1. The fourth-order valence-electron chi connectivity index (χ4n) is 2.99. The molecule has 0 saturated heterocycles. The molecule has 1 aromatic carbocycles. The highest BCUT2D eigenvalue weighted by atomic mass is 16.5. The minimum absolute atomic E-state index is 0.271. The van der Waals surface area contributed by atoms with Crippen molar-refractivity contribution in [3.05, 3.63) is 35.0 Å². The van der Waals surface area contributed by atoms with Crippen molar-refractivity contribution >= 4 is 16.9 Å². The number of aryl methyl sites for hydroxylation is 1. The first-order valence-electron chi connectivity index (χ1n) is 6.72. The highest BCUT2D eigenvalue weighted by Crippen LogP contribution is 2.38. The normalized spacial score (nSPS) is 17.2. The summed E-state index contributed by atoms with van der Waals surface area (Å²) in [5.41, 5.74) is 4.78. The molecule has 0 bridgehead atoms. The number of H-pyrrole nitrogens is 1. The van der Waals surface area contributed by atoms with Gasteiger partial charge in [0.05, 0.1) is 12.7 Å². The van der Waals surface area contributed by atoms with E-state index in [1.54, 1.807) is 0 Å². The molecule has 1 heterocycles. The summed E-state index contributed by atoms with van der Waals surface area (Å²) in [5.74, 6) is -0.271. The highest BCUT2D eigenvalue weighted by molar-refractivity contribution is 5.96. The van der Waals surface area contributed by atoms with Crippen LogP contribution in [0.4, 0.5) is 0 Å². The van der Waals surface area contributed by atoms with Gasteiger partial charge in [0, 0.05) is 16.6 Å². The number of hydrogen-bond acceptors (Lipinski definition) is 2. The van der Waals surface area contributed by atoms with E-state index < -0.39 is 0 Å². The van der Waals surface area contributed by atoms with Crippen LogP contribution >= 0.6 is 0 Å². The molecule has 0 amide bonds. The Balaban J connectivity index is 2.15. The largest absolute Gasteiger partial charge is 0.465 e. The van der Waals surface area contributed by atoms with Crippen molar-refractivity contribution in [2.45, 2.75) is 33.1 Å². The van der Waals surface area contributed by atoms with E-state index >= 15 is 0 Å². The molecule has 1 aromatic heterocycles. The lowest BCUT2D eigenvalue weighted by atomic mass is 9.76. The maximum Gasteiger partial charge on any atom is 0.337 e. The zero-order chi connectivity index (χ0) is 13.6. The summed E-state index contributed by atoms with van der Waals surface area (Å²) >= 11 is 0. The van der Waals surface area contributed by atoms with Gasteiger partial charge in [-0.1, -0.05) is 13.8 Å². The topological polar surface area (TPSA) is 42.1 Å². The van der Waals surface area contributed by atoms with Crippen LogP contribution in [0.3, 0.4) is 0 Å². The van der Waals surface area contributed by atoms with E-state index in [1.807, 2.05) is 18.2 Å². The van der Waals surface area contributed by atoms with Crippen LogP contribution in [-0.4, -0.2) is 18.1 Å². The van der Waals surface area contributed by atoms with Crippen LogP contribution in [0.5, 0.6) is 0 Å². The number of hydrogen-bond donors (Lipinski definition) is 1. The standard InChI is InChI=1S/C16H19NO2/c1-16(2)7-6-14-12(9-16)11-8-10(15(18)19-3)4-5-13(11)17-14/h4-5,8,17H,6-7,9H2,1-3H3. The minimum Gasteiger partial charge on any atom is -0.465 e. The molecule has 3 nitrogen and oxygen atoms in total. The molecule has 3 rings (SSSR count). The second-order valence-corrected chi connectivity index (χ2v) is 6.18. The molecule has 1 N–H and O–H groups in total. The van der Waals surface area contributed by atoms with Crippen molar-refractivity contribution in [1.82, 2.24) is 4.98 Å². The Morgan fingerprint density at radius 3 is 2.89 bits per heavy atom. The third-order valence-corrected chi connectivity index (χ3v) is 4.12. The smallest absolute Gasteiger partial charge is 0.337 e. The van der Waals surface area contributed by atoms with Crippen LogP contribution in [0.2, 0.25) is 0 Å². The molecule has 0 atom stereocenters. The van der Waals surface area contributed by atoms with E-state index in [0.717, 1.165) is 18.4 Å². The summed E-state index contributed by atoms with van der Waals surface area (Å²) in [6, 6.07) is 5.76. The maximum atomic E-state index is 11.6. The number of aromatic amines is 1. The Kier molecular flexibility index (Phi) is 2.66. The first-order valence-corrected chi connectivity index (χ1v) is 6.72. The van der Waals surface area contributed by atoms with Crippen LogP contribution in [0.15, 0.2) is 18.2 Å². The van der Waals surface area contributed by atoms with E-state index in [4.69, 9.17) is 4.74 Å². The fourth-order valence-corrected chi connectivity index (χ4v) is 2.99. The molecule has 0 saturated carbocycles. The van der Waals surface area contributed by atoms with Gasteiger partial charge in [-0.05, 0) is 48.4 Å². The highest BCUT2D eigenvalue weighted by Gasteiger charge is 2.28. The van der Waals surface area contributed by atoms with Crippen molar-refractivity contribution in [3.8, 4) is 0 Å². The van der Waals surface area contributed by atoms with Crippen molar-refractivity contribution in [2.24, 2.45) is 5.41 Å². The predicted octanol–water partition coefficient (Wildman–Crippen LogP) is 3.47. The number of benzene rings is 1. The van der Waals surface area contributed by atoms with Crippen molar-refractivity contribution in [3.63, 3.8) is 0 Å². The molecule has 19 heavy (non-hydrogen) atoms. The molecule has 0 fully saturated rings. The average molecular weight is 257 g/mol. The lowest BCUT2D eigenvalue weighted by Gasteiger charge is -2.29. The lowest BCUT2D eigenvalue weighted by molar-refractivity contribution is 0.0601. The summed E-state index contributed by atoms with van der Waals surface area (Å²) in [6.07, 6.45) is 3.36. The molecule has 0 spiro atoms. The lowest BCUT2D eigenvalue weighted by Crippen LogP contribution is -2.21. The molecular weight excluding hydrogens is 238 g/mol. The summed E-state index contributed by atoms with van der Waals surface area (Å²) in [6.45, 7) is 4.61. The van der Waals surface area contributed by atoms with E-state index in [0.29, 0.717) is 11.0 Å². The Hall–Kier alpha value is -1.77. The Morgan fingerprint density at radius 1 is 1.37 bits per heavy atom. The number of aromatic nitrogens is 1. The number of methoxy groups -OCH3 is 1. The zero-order valence-electron chi connectivity index (χ0n) is 11.7. The molecule has 1 aliphatic carbocycles. The first kappa shape index (κ1) is 12.3. The number of fused-ring (bicyclic) bond motifs is 3. The first-order chi connectivity index (χ1) is 9.00.